The number of nitrogens with zero attached hydrogens (tertiary/aromatic N) is 1. The number of H-pyrrole nitrogens is 1. The lowest BCUT2D eigenvalue weighted by atomic mass is 10.2. The molecule has 0 atom stereocenters. The van der Waals surface area contributed by atoms with Crippen LogP contribution in [-0.2, 0) is 0 Å². The Morgan fingerprint density at radius 3 is 2.69 bits per heavy atom. The maximum absolute atomic E-state index is 4.37. The smallest absolute Gasteiger partial charge is 0.0865 e. The number of nitrogens with one attached hydrogen (secondary N) is 1. The number of fused-ring (bicyclic) bond motifs is 1. The standard InChI is InChI=1S/C13H9BrN2/c14-10-5-6-12(15-8-10)13-7-9-3-1-2-4-11(9)16-13/h1-8,16H. The molecule has 2 nitrogen and oxygen atoms in total. The third kappa shape index (κ3) is 1.63. The first-order valence-electron chi connectivity index (χ1n) is 5.02. The molecule has 0 bridgehead atoms. The molecule has 0 fully saturated rings. The van der Waals surface area contributed by atoms with Gasteiger partial charge in [-0.15, -0.1) is 0 Å². The molecule has 1 aromatic carbocycles. The zero-order valence-electron chi connectivity index (χ0n) is 8.44. The predicted molar refractivity (Wildman–Crippen MR) is 69.2 cm³/mol. The first kappa shape index (κ1) is 9.60. The van der Waals surface area contributed by atoms with Crippen LogP contribution in [0.4, 0.5) is 0 Å². The Morgan fingerprint density at radius 1 is 1.06 bits per heavy atom. The van der Waals surface area contributed by atoms with Crippen LogP contribution in [0, 0.1) is 0 Å². The molecule has 2 heterocycles. The quantitative estimate of drug-likeness (QED) is 0.713. The van der Waals surface area contributed by atoms with Crippen LogP contribution >= 0.6 is 15.9 Å². The number of halogens is 1. The van der Waals surface area contributed by atoms with Crippen molar-refractivity contribution >= 4 is 26.8 Å². The lowest BCUT2D eigenvalue weighted by Gasteiger charge is -1.96. The van der Waals surface area contributed by atoms with Gasteiger partial charge in [0.25, 0.3) is 0 Å². The van der Waals surface area contributed by atoms with E-state index in [1.165, 1.54) is 5.39 Å². The summed E-state index contributed by atoms with van der Waals surface area (Å²) < 4.78 is 0.993. The van der Waals surface area contributed by atoms with Crippen molar-refractivity contribution < 1.29 is 0 Å². The summed E-state index contributed by atoms with van der Waals surface area (Å²) in [5, 5.41) is 1.21. The van der Waals surface area contributed by atoms with Gasteiger partial charge in [0, 0.05) is 21.6 Å². The highest BCUT2D eigenvalue weighted by Gasteiger charge is 2.03. The topological polar surface area (TPSA) is 28.7 Å². The highest BCUT2D eigenvalue weighted by Crippen LogP contribution is 2.23. The van der Waals surface area contributed by atoms with Crippen molar-refractivity contribution in [2.24, 2.45) is 0 Å². The van der Waals surface area contributed by atoms with E-state index >= 15 is 0 Å². The zero-order valence-corrected chi connectivity index (χ0v) is 10.0. The highest BCUT2D eigenvalue weighted by molar-refractivity contribution is 9.10. The van der Waals surface area contributed by atoms with Crippen LogP contribution in [0.2, 0.25) is 0 Å². The molecule has 3 aromatic rings. The molecule has 2 aromatic heterocycles. The van der Waals surface area contributed by atoms with Gasteiger partial charge in [-0.3, -0.25) is 4.98 Å². The number of pyridine rings is 1. The van der Waals surface area contributed by atoms with Gasteiger partial charge in [-0.05, 0) is 40.2 Å². The monoisotopic (exact) mass is 272 g/mol. The molecule has 0 radical (unpaired) electrons. The van der Waals surface area contributed by atoms with Crippen molar-refractivity contribution in [2.75, 3.05) is 0 Å². The van der Waals surface area contributed by atoms with Crippen LogP contribution < -0.4 is 0 Å². The van der Waals surface area contributed by atoms with Crippen LogP contribution in [0.15, 0.2) is 53.1 Å². The first-order valence-corrected chi connectivity index (χ1v) is 5.82. The molecular weight excluding hydrogens is 264 g/mol. The molecule has 0 spiro atoms. The van der Waals surface area contributed by atoms with Gasteiger partial charge in [-0.1, -0.05) is 18.2 Å². The second-order valence-electron chi connectivity index (χ2n) is 3.63. The Bertz CT molecular complexity index is 593. The molecule has 16 heavy (non-hydrogen) atoms. The molecule has 0 unspecified atom stereocenters. The molecule has 0 aliphatic rings. The number of benzene rings is 1. The second-order valence-corrected chi connectivity index (χ2v) is 4.55. The van der Waals surface area contributed by atoms with Crippen LogP contribution in [0.25, 0.3) is 22.3 Å². The third-order valence-corrected chi connectivity index (χ3v) is 3.00. The minimum absolute atomic E-state index is 0.958. The van der Waals surface area contributed by atoms with Crippen molar-refractivity contribution in [3.8, 4) is 11.4 Å². The van der Waals surface area contributed by atoms with Crippen LogP contribution in [0.3, 0.4) is 0 Å². The van der Waals surface area contributed by atoms with E-state index < -0.39 is 0 Å². The summed E-state index contributed by atoms with van der Waals surface area (Å²) in [4.78, 5) is 7.72. The molecule has 0 saturated heterocycles. The van der Waals surface area contributed by atoms with E-state index in [9.17, 15) is 0 Å². The summed E-state index contributed by atoms with van der Waals surface area (Å²) in [5.41, 5.74) is 3.15. The normalized spacial score (nSPS) is 10.8. The average molecular weight is 273 g/mol. The Labute approximate surface area is 101 Å². The van der Waals surface area contributed by atoms with Gasteiger partial charge in [0.15, 0.2) is 0 Å². The van der Waals surface area contributed by atoms with E-state index in [0.29, 0.717) is 0 Å². The zero-order chi connectivity index (χ0) is 11.0. The molecule has 0 aliphatic heterocycles. The van der Waals surface area contributed by atoms with Gasteiger partial charge in [-0.25, -0.2) is 0 Å². The van der Waals surface area contributed by atoms with Gasteiger partial charge in [-0.2, -0.15) is 0 Å². The van der Waals surface area contributed by atoms with Gasteiger partial charge in [0.1, 0.15) is 0 Å². The summed E-state index contributed by atoms with van der Waals surface area (Å²) in [5.74, 6) is 0. The Balaban J connectivity index is 2.15. The van der Waals surface area contributed by atoms with E-state index in [4.69, 9.17) is 0 Å². The SMILES string of the molecule is Brc1ccc(-c2cc3ccccc3[nH]2)nc1. The fourth-order valence-corrected chi connectivity index (χ4v) is 1.98. The number of hydrogen-bond acceptors (Lipinski definition) is 1. The fourth-order valence-electron chi connectivity index (χ4n) is 1.75. The van der Waals surface area contributed by atoms with Crippen molar-refractivity contribution in [1.82, 2.24) is 9.97 Å². The minimum Gasteiger partial charge on any atom is -0.353 e. The number of aromatic nitrogens is 2. The van der Waals surface area contributed by atoms with E-state index in [2.05, 4.69) is 44.1 Å². The van der Waals surface area contributed by atoms with E-state index in [-0.39, 0.29) is 0 Å². The molecular formula is C13H9BrN2. The molecule has 0 amide bonds. The Kier molecular flexibility index (Phi) is 2.26. The number of aromatic amines is 1. The molecule has 78 valence electrons. The molecule has 1 N–H and O–H groups in total. The lowest BCUT2D eigenvalue weighted by Crippen LogP contribution is -1.81. The molecule has 3 rings (SSSR count). The fraction of sp³-hybridized carbons (Fsp3) is 0. The van der Waals surface area contributed by atoms with Crippen LogP contribution in [-0.4, -0.2) is 9.97 Å². The maximum atomic E-state index is 4.37. The van der Waals surface area contributed by atoms with Gasteiger partial charge < -0.3 is 4.98 Å². The summed E-state index contributed by atoms with van der Waals surface area (Å²) >= 11 is 3.38. The maximum Gasteiger partial charge on any atom is 0.0865 e. The van der Waals surface area contributed by atoms with Crippen molar-refractivity contribution in [3.63, 3.8) is 0 Å². The Morgan fingerprint density at radius 2 is 1.94 bits per heavy atom. The van der Waals surface area contributed by atoms with E-state index in [1.807, 2.05) is 24.3 Å². The minimum atomic E-state index is 0.958. The first-order chi connectivity index (χ1) is 7.83. The second kappa shape index (κ2) is 3.76. The largest absolute Gasteiger partial charge is 0.353 e. The van der Waals surface area contributed by atoms with Gasteiger partial charge in [0.05, 0.1) is 11.4 Å². The lowest BCUT2D eigenvalue weighted by molar-refractivity contribution is 1.28. The summed E-state index contributed by atoms with van der Waals surface area (Å²) in [6.45, 7) is 0. The van der Waals surface area contributed by atoms with Crippen LogP contribution in [0.5, 0.6) is 0 Å². The van der Waals surface area contributed by atoms with Gasteiger partial charge >= 0.3 is 0 Å². The van der Waals surface area contributed by atoms with Gasteiger partial charge in [0.2, 0.25) is 0 Å². The summed E-state index contributed by atoms with van der Waals surface area (Å²) in [6.07, 6.45) is 1.81. The average Bonchev–Trinajstić information content (AvgIpc) is 2.73. The van der Waals surface area contributed by atoms with Crippen LogP contribution in [0.1, 0.15) is 0 Å². The van der Waals surface area contributed by atoms with Crippen molar-refractivity contribution in [2.45, 2.75) is 0 Å². The molecule has 0 aliphatic carbocycles. The predicted octanol–water partition coefficient (Wildman–Crippen LogP) is 3.99. The Hall–Kier alpha value is -1.61. The summed E-state index contributed by atoms with van der Waals surface area (Å²) in [6, 6.07) is 14.3. The highest BCUT2D eigenvalue weighted by atomic mass is 79.9. The van der Waals surface area contributed by atoms with Crippen molar-refractivity contribution in [3.05, 3.63) is 53.1 Å². The third-order valence-electron chi connectivity index (χ3n) is 2.53. The number of para-hydroxylation sites is 1. The number of rotatable bonds is 1. The number of hydrogen-bond donors (Lipinski definition) is 1. The molecule has 3 heteroatoms. The van der Waals surface area contributed by atoms with E-state index in [1.54, 1.807) is 6.20 Å². The molecule has 0 saturated carbocycles. The van der Waals surface area contributed by atoms with Crippen molar-refractivity contribution in [1.29, 1.82) is 0 Å². The summed E-state index contributed by atoms with van der Waals surface area (Å²) in [7, 11) is 0. The van der Waals surface area contributed by atoms with E-state index in [0.717, 1.165) is 21.4 Å².